The zero-order valence-corrected chi connectivity index (χ0v) is 14.9. The van der Waals surface area contributed by atoms with Crippen LogP contribution in [0.15, 0.2) is 67.3 Å². The number of hydrogen-bond donors (Lipinski definition) is 0. The van der Waals surface area contributed by atoms with E-state index >= 15 is 0 Å². The molecule has 0 saturated heterocycles. The number of aromatic nitrogens is 5. The van der Waals surface area contributed by atoms with E-state index in [4.69, 9.17) is 0 Å². The van der Waals surface area contributed by atoms with Gasteiger partial charge in [0.2, 0.25) is 0 Å². The molecular formula is C20H18N6O. The Morgan fingerprint density at radius 2 is 1.96 bits per heavy atom. The van der Waals surface area contributed by atoms with Gasteiger partial charge in [-0.15, -0.1) is 5.10 Å². The third-order valence-electron chi connectivity index (χ3n) is 4.46. The normalized spacial score (nSPS) is 10.9. The number of fused-ring (bicyclic) bond motifs is 1. The van der Waals surface area contributed by atoms with Crippen LogP contribution >= 0.6 is 0 Å². The molecule has 7 heteroatoms. The van der Waals surface area contributed by atoms with Crippen LogP contribution in [0.1, 0.15) is 21.5 Å². The van der Waals surface area contributed by atoms with Crippen molar-refractivity contribution in [1.29, 1.82) is 0 Å². The number of nitrogens with zero attached hydrogens (tertiary/aromatic N) is 6. The number of amides is 1. The maximum atomic E-state index is 12.8. The molecule has 4 aromatic rings. The van der Waals surface area contributed by atoms with Gasteiger partial charge in [-0.2, -0.15) is 0 Å². The quantitative estimate of drug-likeness (QED) is 0.548. The molecule has 27 heavy (non-hydrogen) atoms. The van der Waals surface area contributed by atoms with Crippen molar-refractivity contribution < 1.29 is 4.79 Å². The van der Waals surface area contributed by atoms with Gasteiger partial charge in [0.1, 0.15) is 6.33 Å². The van der Waals surface area contributed by atoms with E-state index in [2.05, 4.69) is 20.5 Å². The molecule has 7 nitrogen and oxygen atoms in total. The Hall–Kier alpha value is -3.61. The van der Waals surface area contributed by atoms with E-state index in [1.807, 2.05) is 61.8 Å². The highest BCUT2D eigenvalue weighted by atomic mass is 16.2. The average Bonchev–Trinajstić information content (AvgIpc) is 3.21. The monoisotopic (exact) mass is 358 g/mol. The minimum atomic E-state index is -0.0185. The van der Waals surface area contributed by atoms with Crippen LogP contribution in [-0.4, -0.2) is 43.0 Å². The van der Waals surface area contributed by atoms with Crippen molar-refractivity contribution in [3.63, 3.8) is 0 Å². The number of hydrogen-bond acceptors (Lipinski definition) is 5. The average molecular weight is 358 g/mol. The van der Waals surface area contributed by atoms with Crippen molar-refractivity contribution in [3.05, 3.63) is 83.9 Å². The van der Waals surface area contributed by atoms with Crippen molar-refractivity contribution in [2.45, 2.75) is 13.1 Å². The van der Waals surface area contributed by atoms with Crippen LogP contribution < -0.4 is 0 Å². The fourth-order valence-corrected chi connectivity index (χ4v) is 3.07. The first-order valence-electron chi connectivity index (χ1n) is 8.57. The molecule has 134 valence electrons. The number of tetrazole rings is 1. The second-order valence-corrected chi connectivity index (χ2v) is 6.38. The summed E-state index contributed by atoms with van der Waals surface area (Å²) in [4.78, 5) is 18.7. The van der Waals surface area contributed by atoms with Gasteiger partial charge in [0.25, 0.3) is 5.91 Å². The highest BCUT2D eigenvalue weighted by Gasteiger charge is 2.13. The molecule has 0 aliphatic heterocycles. The standard InChI is InChI=1S/C20H18N6O/c1-25(13-18-4-2-3-17-11-21-10-9-19(17)18)20(27)16-7-5-15(6-8-16)12-26-14-22-23-24-26/h2-11,14H,12-13H2,1H3. The summed E-state index contributed by atoms with van der Waals surface area (Å²) in [5, 5.41) is 13.3. The van der Waals surface area contributed by atoms with Gasteiger partial charge in [0.15, 0.2) is 0 Å². The Labute approximate surface area is 156 Å². The summed E-state index contributed by atoms with van der Waals surface area (Å²) < 4.78 is 1.64. The summed E-state index contributed by atoms with van der Waals surface area (Å²) in [7, 11) is 1.82. The van der Waals surface area contributed by atoms with Crippen molar-refractivity contribution in [3.8, 4) is 0 Å². The fraction of sp³-hybridized carbons (Fsp3) is 0.150. The van der Waals surface area contributed by atoms with Crippen molar-refractivity contribution in [2.75, 3.05) is 7.05 Å². The van der Waals surface area contributed by atoms with Crippen LogP contribution in [-0.2, 0) is 13.1 Å². The lowest BCUT2D eigenvalue weighted by atomic mass is 10.1. The smallest absolute Gasteiger partial charge is 0.253 e. The first-order valence-corrected chi connectivity index (χ1v) is 8.57. The minimum absolute atomic E-state index is 0.0185. The van der Waals surface area contributed by atoms with Gasteiger partial charge in [-0.1, -0.05) is 30.3 Å². The molecule has 2 heterocycles. The topological polar surface area (TPSA) is 76.8 Å². The Morgan fingerprint density at radius 3 is 2.74 bits per heavy atom. The molecule has 0 aliphatic rings. The van der Waals surface area contributed by atoms with E-state index in [0.29, 0.717) is 18.7 Å². The van der Waals surface area contributed by atoms with Gasteiger partial charge in [0, 0.05) is 36.9 Å². The Kier molecular flexibility index (Phi) is 4.57. The Bertz CT molecular complexity index is 1050. The largest absolute Gasteiger partial charge is 0.337 e. The van der Waals surface area contributed by atoms with Gasteiger partial charge >= 0.3 is 0 Å². The van der Waals surface area contributed by atoms with E-state index in [1.165, 1.54) is 0 Å². The van der Waals surface area contributed by atoms with Gasteiger partial charge < -0.3 is 4.90 Å². The molecule has 4 rings (SSSR count). The zero-order valence-electron chi connectivity index (χ0n) is 14.9. The molecule has 0 bridgehead atoms. The van der Waals surface area contributed by atoms with Crippen LogP contribution in [0.4, 0.5) is 0 Å². The predicted octanol–water partition coefficient (Wildman–Crippen LogP) is 2.54. The van der Waals surface area contributed by atoms with Crippen LogP contribution in [0, 0.1) is 0 Å². The van der Waals surface area contributed by atoms with Gasteiger partial charge in [-0.25, -0.2) is 4.68 Å². The maximum absolute atomic E-state index is 12.8. The number of carbonyl (C=O) groups is 1. The first kappa shape index (κ1) is 16.8. The van der Waals surface area contributed by atoms with Crippen LogP contribution in [0.3, 0.4) is 0 Å². The van der Waals surface area contributed by atoms with Crippen molar-refractivity contribution in [1.82, 2.24) is 30.1 Å². The molecule has 0 spiro atoms. The Balaban J connectivity index is 1.48. The second kappa shape index (κ2) is 7.33. The predicted molar refractivity (Wildman–Crippen MR) is 101 cm³/mol. The van der Waals surface area contributed by atoms with E-state index < -0.39 is 0 Å². The molecule has 0 atom stereocenters. The molecule has 1 amide bonds. The van der Waals surface area contributed by atoms with Crippen molar-refractivity contribution >= 4 is 16.7 Å². The zero-order chi connectivity index (χ0) is 18.6. The fourth-order valence-electron chi connectivity index (χ4n) is 3.07. The molecule has 0 N–H and O–H groups in total. The maximum Gasteiger partial charge on any atom is 0.253 e. The summed E-state index contributed by atoms with van der Waals surface area (Å²) in [6.07, 6.45) is 5.17. The lowest BCUT2D eigenvalue weighted by Gasteiger charge is -2.18. The Morgan fingerprint density at radius 1 is 1.11 bits per heavy atom. The SMILES string of the molecule is CN(Cc1cccc2cnccc12)C(=O)c1ccc(Cn2cnnn2)cc1. The lowest BCUT2D eigenvalue weighted by Crippen LogP contribution is -2.26. The molecular weight excluding hydrogens is 340 g/mol. The number of benzene rings is 2. The van der Waals surface area contributed by atoms with Crippen LogP contribution in [0.2, 0.25) is 0 Å². The van der Waals surface area contributed by atoms with Gasteiger partial charge in [-0.05, 0) is 45.1 Å². The highest BCUT2D eigenvalue weighted by Crippen LogP contribution is 2.19. The third-order valence-corrected chi connectivity index (χ3v) is 4.46. The summed E-state index contributed by atoms with van der Waals surface area (Å²) in [5.74, 6) is -0.0185. The molecule has 0 fully saturated rings. The third kappa shape index (κ3) is 3.67. The molecule has 0 radical (unpaired) electrons. The number of rotatable bonds is 5. The van der Waals surface area contributed by atoms with E-state index in [9.17, 15) is 4.79 Å². The molecule has 0 unspecified atom stereocenters. The van der Waals surface area contributed by atoms with Crippen molar-refractivity contribution in [2.24, 2.45) is 0 Å². The molecule has 0 saturated carbocycles. The van der Waals surface area contributed by atoms with E-state index in [0.717, 1.165) is 21.9 Å². The molecule has 2 aromatic carbocycles. The summed E-state index contributed by atoms with van der Waals surface area (Å²) in [6, 6.07) is 15.6. The van der Waals surface area contributed by atoms with Crippen LogP contribution in [0.5, 0.6) is 0 Å². The summed E-state index contributed by atoms with van der Waals surface area (Å²) in [6.45, 7) is 1.11. The van der Waals surface area contributed by atoms with Gasteiger partial charge in [-0.3, -0.25) is 9.78 Å². The van der Waals surface area contributed by atoms with Gasteiger partial charge in [0.05, 0.1) is 6.54 Å². The lowest BCUT2D eigenvalue weighted by molar-refractivity contribution is 0.0785. The summed E-state index contributed by atoms with van der Waals surface area (Å²) >= 11 is 0. The van der Waals surface area contributed by atoms with E-state index in [1.54, 1.807) is 22.1 Å². The number of pyridine rings is 1. The van der Waals surface area contributed by atoms with E-state index in [-0.39, 0.29) is 5.91 Å². The highest BCUT2D eigenvalue weighted by molar-refractivity contribution is 5.94. The molecule has 0 aliphatic carbocycles. The second-order valence-electron chi connectivity index (χ2n) is 6.38. The summed E-state index contributed by atoms with van der Waals surface area (Å²) in [5.41, 5.74) is 2.78. The minimum Gasteiger partial charge on any atom is -0.337 e. The van der Waals surface area contributed by atoms with Crippen LogP contribution in [0.25, 0.3) is 10.8 Å². The first-order chi connectivity index (χ1) is 13.2. The molecule has 2 aromatic heterocycles. The number of carbonyl (C=O) groups excluding carboxylic acids is 1.